The van der Waals surface area contributed by atoms with E-state index < -0.39 is 11.7 Å². The van der Waals surface area contributed by atoms with E-state index in [-0.39, 0.29) is 6.04 Å². The van der Waals surface area contributed by atoms with Gasteiger partial charge in [-0.15, -0.1) is 0 Å². The number of hydrogen-bond donors (Lipinski definition) is 1. The Hall–Kier alpha value is -1.59. The lowest BCUT2D eigenvalue weighted by Crippen LogP contribution is -2.19. The number of rotatable bonds is 3. The van der Waals surface area contributed by atoms with Crippen LogP contribution in [0, 0.1) is 0 Å². The van der Waals surface area contributed by atoms with Crippen molar-refractivity contribution < 1.29 is 13.2 Å². The average molecular weight is 301 g/mol. The first-order valence-electron chi connectivity index (χ1n) is 5.87. The zero-order valence-electron chi connectivity index (χ0n) is 10.6. The Labute approximate surface area is 119 Å². The van der Waals surface area contributed by atoms with Crippen molar-refractivity contribution in [1.82, 2.24) is 10.3 Å². The lowest BCUT2D eigenvalue weighted by Gasteiger charge is -2.17. The smallest absolute Gasteiger partial charge is 0.308 e. The number of benzene rings is 1. The molecule has 1 heterocycles. The molecule has 106 valence electrons. The van der Waals surface area contributed by atoms with Gasteiger partial charge in [-0.25, -0.2) is 0 Å². The van der Waals surface area contributed by atoms with E-state index in [9.17, 15) is 13.2 Å². The minimum Gasteiger partial charge on any atom is -0.308 e. The van der Waals surface area contributed by atoms with E-state index in [0.29, 0.717) is 10.7 Å². The maximum Gasteiger partial charge on any atom is 0.417 e. The fourth-order valence-corrected chi connectivity index (χ4v) is 2.11. The van der Waals surface area contributed by atoms with E-state index in [2.05, 4.69) is 10.3 Å². The second-order valence-corrected chi connectivity index (χ2v) is 4.68. The molecule has 20 heavy (non-hydrogen) atoms. The van der Waals surface area contributed by atoms with E-state index in [1.807, 2.05) is 6.07 Å². The van der Waals surface area contributed by atoms with Gasteiger partial charge in [0.2, 0.25) is 0 Å². The van der Waals surface area contributed by atoms with E-state index in [1.165, 1.54) is 6.07 Å². The van der Waals surface area contributed by atoms with Crippen LogP contribution >= 0.6 is 11.6 Å². The summed E-state index contributed by atoms with van der Waals surface area (Å²) in [5.41, 5.74) is 0.581. The summed E-state index contributed by atoms with van der Waals surface area (Å²) in [4.78, 5) is 3.90. The van der Waals surface area contributed by atoms with Crippen molar-refractivity contribution in [3.8, 4) is 0 Å². The molecule has 0 aliphatic carbocycles. The Kier molecular flexibility index (Phi) is 4.30. The summed E-state index contributed by atoms with van der Waals surface area (Å²) in [5.74, 6) is 0. The van der Waals surface area contributed by atoms with Crippen LogP contribution in [0.4, 0.5) is 13.2 Å². The Morgan fingerprint density at radius 3 is 2.45 bits per heavy atom. The molecular formula is C14H12ClF3N2. The molecule has 0 fully saturated rings. The minimum atomic E-state index is -4.38. The molecule has 2 nitrogen and oxygen atoms in total. The summed E-state index contributed by atoms with van der Waals surface area (Å²) in [6.07, 6.45) is -3.54. The zero-order valence-corrected chi connectivity index (χ0v) is 11.3. The highest BCUT2D eigenvalue weighted by Crippen LogP contribution is 2.30. The van der Waals surface area contributed by atoms with Gasteiger partial charge in [-0.2, -0.15) is 13.2 Å². The molecule has 0 spiro atoms. The number of halogens is 4. The van der Waals surface area contributed by atoms with Gasteiger partial charge in [0.25, 0.3) is 0 Å². The largest absolute Gasteiger partial charge is 0.417 e. The molecule has 0 saturated heterocycles. The van der Waals surface area contributed by atoms with Crippen molar-refractivity contribution in [1.29, 1.82) is 0 Å². The Morgan fingerprint density at radius 2 is 1.95 bits per heavy atom. The van der Waals surface area contributed by atoms with E-state index >= 15 is 0 Å². The van der Waals surface area contributed by atoms with Crippen molar-refractivity contribution in [2.75, 3.05) is 7.05 Å². The van der Waals surface area contributed by atoms with E-state index in [4.69, 9.17) is 11.6 Å². The molecule has 2 aromatic rings. The van der Waals surface area contributed by atoms with Gasteiger partial charge in [0.15, 0.2) is 0 Å². The van der Waals surface area contributed by atoms with Crippen LogP contribution in [-0.4, -0.2) is 12.0 Å². The normalized spacial score (nSPS) is 13.2. The van der Waals surface area contributed by atoms with Crippen LogP contribution < -0.4 is 5.32 Å². The highest BCUT2D eigenvalue weighted by atomic mass is 35.5. The highest BCUT2D eigenvalue weighted by molar-refractivity contribution is 6.30. The minimum absolute atomic E-state index is 0.309. The third-order valence-corrected chi connectivity index (χ3v) is 3.12. The first-order valence-corrected chi connectivity index (χ1v) is 6.25. The Bertz CT molecular complexity index is 582. The molecule has 1 unspecified atom stereocenters. The standard InChI is InChI=1S/C14H12ClF3N2/c1-19-13(9-3-2-4-11(15)7-9)12-6-5-10(8-20-12)14(16,17)18/h2-8,13,19H,1H3. The molecule has 0 saturated carbocycles. The average Bonchev–Trinajstić information content (AvgIpc) is 2.39. The molecule has 1 aromatic heterocycles. The summed E-state index contributed by atoms with van der Waals surface area (Å²) in [6.45, 7) is 0. The lowest BCUT2D eigenvalue weighted by molar-refractivity contribution is -0.137. The summed E-state index contributed by atoms with van der Waals surface area (Å²) >= 11 is 5.92. The van der Waals surface area contributed by atoms with E-state index in [1.54, 1.807) is 25.2 Å². The predicted molar refractivity (Wildman–Crippen MR) is 71.6 cm³/mol. The number of pyridine rings is 1. The molecule has 0 radical (unpaired) electrons. The van der Waals surface area contributed by atoms with Crippen LogP contribution in [0.5, 0.6) is 0 Å². The van der Waals surface area contributed by atoms with Crippen LogP contribution in [0.15, 0.2) is 42.6 Å². The lowest BCUT2D eigenvalue weighted by atomic mass is 10.0. The molecule has 0 bridgehead atoms. The number of alkyl halides is 3. The molecule has 1 aromatic carbocycles. The van der Waals surface area contributed by atoms with Crippen molar-refractivity contribution in [3.05, 3.63) is 64.4 Å². The molecule has 1 atom stereocenters. The van der Waals surface area contributed by atoms with Gasteiger partial charge in [0.1, 0.15) is 0 Å². The van der Waals surface area contributed by atoms with E-state index in [0.717, 1.165) is 17.8 Å². The van der Waals surface area contributed by atoms with Crippen molar-refractivity contribution in [2.24, 2.45) is 0 Å². The number of nitrogens with zero attached hydrogens (tertiary/aromatic N) is 1. The van der Waals surface area contributed by atoms with Gasteiger partial charge >= 0.3 is 6.18 Å². The van der Waals surface area contributed by atoms with Crippen LogP contribution in [0.2, 0.25) is 5.02 Å². The summed E-state index contributed by atoms with van der Waals surface area (Å²) in [6, 6.07) is 9.19. The number of aromatic nitrogens is 1. The maximum absolute atomic E-state index is 12.5. The van der Waals surface area contributed by atoms with Gasteiger partial charge in [-0.1, -0.05) is 23.7 Å². The summed E-state index contributed by atoms with van der Waals surface area (Å²) in [7, 11) is 1.71. The number of hydrogen-bond acceptors (Lipinski definition) is 2. The summed E-state index contributed by atoms with van der Waals surface area (Å²) in [5, 5.41) is 3.58. The maximum atomic E-state index is 12.5. The van der Waals surface area contributed by atoms with Crippen molar-refractivity contribution in [3.63, 3.8) is 0 Å². The fraction of sp³-hybridized carbons (Fsp3) is 0.214. The topological polar surface area (TPSA) is 24.9 Å². The first-order chi connectivity index (χ1) is 9.41. The fourth-order valence-electron chi connectivity index (χ4n) is 1.92. The van der Waals surface area contributed by atoms with Crippen LogP contribution in [0.3, 0.4) is 0 Å². The van der Waals surface area contributed by atoms with Gasteiger partial charge < -0.3 is 5.32 Å². The van der Waals surface area contributed by atoms with Gasteiger partial charge in [-0.05, 0) is 36.9 Å². The van der Waals surface area contributed by atoms with Gasteiger partial charge in [-0.3, -0.25) is 4.98 Å². The summed E-state index contributed by atoms with van der Waals surface area (Å²) < 4.78 is 37.5. The first kappa shape index (κ1) is 14.8. The Balaban J connectivity index is 2.33. The van der Waals surface area contributed by atoms with Crippen molar-refractivity contribution >= 4 is 11.6 Å². The monoisotopic (exact) mass is 300 g/mol. The van der Waals surface area contributed by atoms with Crippen LogP contribution in [0.1, 0.15) is 22.9 Å². The van der Waals surface area contributed by atoms with Gasteiger partial charge in [0, 0.05) is 11.2 Å². The molecule has 0 aliphatic rings. The number of nitrogens with one attached hydrogen (secondary N) is 1. The van der Waals surface area contributed by atoms with Crippen LogP contribution in [-0.2, 0) is 6.18 Å². The zero-order chi connectivity index (χ0) is 14.8. The quantitative estimate of drug-likeness (QED) is 0.924. The van der Waals surface area contributed by atoms with Crippen LogP contribution in [0.25, 0.3) is 0 Å². The second kappa shape index (κ2) is 5.81. The molecular weight excluding hydrogens is 289 g/mol. The molecule has 6 heteroatoms. The molecule has 2 rings (SSSR count). The Morgan fingerprint density at radius 1 is 1.20 bits per heavy atom. The molecule has 0 aliphatic heterocycles. The van der Waals surface area contributed by atoms with Gasteiger partial charge in [0.05, 0.1) is 17.3 Å². The third kappa shape index (κ3) is 3.29. The highest BCUT2D eigenvalue weighted by Gasteiger charge is 2.31. The van der Waals surface area contributed by atoms with Crippen molar-refractivity contribution in [2.45, 2.75) is 12.2 Å². The molecule has 0 amide bonds. The predicted octanol–water partition coefficient (Wildman–Crippen LogP) is 4.06. The third-order valence-electron chi connectivity index (χ3n) is 2.88. The molecule has 1 N–H and O–H groups in total. The SMILES string of the molecule is CNC(c1cccc(Cl)c1)c1ccc(C(F)(F)F)cn1. The second-order valence-electron chi connectivity index (χ2n) is 4.25.